The molecule has 19 heavy (non-hydrogen) atoms. The van der Waals surface area contributed by atoms with Crippen LogP contribution in [0.3, 0.4) is 0 Å². The monoisotopic (exact) mass is 257 g/mol. The number of hydrogen-bond acceptors (Lipinski definition) is 5. The molecule has 2 aliphatic rings. The summed E-state index contributed by atoms with van der Waals surface area (Å²) in [4.78, 5) is 11.1. The summed E-state index contributed by atoms with van der Waals surface area (Å²) in [6.45, 7) is 3.30. The molecule has 4 rings (SSSR count). The molecule has 0 atom stereocenters. The van der Waals surface area contributed by atoms with Crippen LogP contribution < -0.4 is 4.90 Å². The Morgan fingerprint density at radius 3 is 3.05 bits per heavy atom. The van der Waals surface area contributed by atoms with E-state index in [0.717, 1.165) is 43.2 Å². The topological polar surface area (TPSA) is 56.1 Å². The van der Waals surface area contributed by atoms with Gasteiger partial charge in [0.2, 0.25) is 0 Å². The molecule has 2 aromatic heterocycles. The Kier molecular flexibility index (Phi) is 2.48. The molecule has 0 bridgehead atoms. The Morgan fingerprint density at radius 1 is 1.26 bits per heavy atom. The average molecular weight is 257 g/mol. The Bertz CT molecular complexity index is 577. The molecule has 0 aromatic carbocycles. The van der Waals surface area contributed by atoms with Crippen LogP contribution in [0.1, 0.15) is 17.3 Å². The number of rotatable bonds is 2. The molecule has 0 saturated carbocycles. The van der Waals surface area contributed by atoms with Crippen molar-refractivity contribution >= 4 is 5.82 Å². The van der Waals surface area contributed by atoms with Crippen LogP contribution in [0, 0.1) is 0 Å². The maximum atomic E-state index is 5.53. The zero-order valence-corrected chi connectivity index (χ0v) is 10.6. The Balaban J connectivity index is 1.55. The largest absolute Gasteiger partial charge is 0.376 e. The molecular weight excluding hydrogens is 242 g/mol. The van der Waals surface area contributed by atoms with Crippen LogP contribution in [0.15, 0.2) is 24.8 Å². The van der Waals surface area contributed by atoms with Crippen molar-refractivity contribution in [2.24, 2.45) is 0 Å². The van der Waals surface area contributed by atoms with E-state index in [-0.39, 0.29) is 0 Å². The molecule has 0 unspecified atom stereocenters. The third-order valence-corrected chi connectivity index (χ3v) is 3.80. The Labute approximate surface area is 111 Å². The summed E-state index contributed by atoms with van der Waals surface area (Å²) >= 11 is 0. The van der Waals surface area contributed by atoms with Gasteiger partial charge in [0.1, 0.15) is 12.1 Å². The van der Waals surface area contributed by atoms with Gasteiger partial charge in [-0.1, -0.05) is 0 Å². The van der Waals surface area contributed by atoms with Gasteiger partial charge in [-0.3, -0.25) is 4.68 Å². The molecule has 0 aliphatic carbocycles. The summed E-state index contributed by atoms with van der Waals surface area (Å²) in [6, 6.07) is 2.41. The summed E-state index contributed by atoms with van der Waals surface area (Å²) in [5.74, 6) is 1.04. The first-order valence-electron chi connectivity index (χ1n) is 6.56. The van der Waals surface area contributed by atoms with Gasteiger partial charge in [0, 0.05) is 37.5 Å². The first-order chi connectivity index (χ1) is 9.42. The molecule has 6 heteroatoms. The van der Waals surface area contributed by atoms with Crippen molar-refractivity contribution in [1.29, 1.82) is 0 Å². The number of ether oxygens (including phenoxy) is 1. The van der Waals surface area contributed by atoms with Gasteiger partial charge in [0.25, 0.3) is 0 Å². The van der Waals surface area contributed by atoms with E-state index in [1.807, 2.05) is 23.1 Å². The minimum Gasteiger partial charge on any atom is -0.376 e. The van der Waals surface area contributed by atoms with Crippen molar-refractivity contribution in [2.45, 2.75) is 19.1 Å². The molecule has 1 fully saturated rings. The van der Waals surface area contributed by atoms with Crippen LogP contribution in [0.4, 0.5) is 5.82 Å². The molecule has 0 radical (unpaired) electrons. The van der Waals surface area contributed by atoms with E-state index in [1.54, 1.807) is 6.33 Å². The zero-order valence-electron chi connectivity index (χ0n) is 10.6. The van der Waals surface area contributed by atoms with E-state index in [0.29, 0.717) is 12.6 Å². The number of fused-ring (bicyclic) bond motifs is 1. The van der Waals surface area contributed by atoms with Crippen LogP contribution in [-0.2, 0) is 17.8 Å². The lowest BCUT2D eigenvalue weighted by Gasteiger charge is -2.41. The zero-order chi connectivity index (χ0) is 12.7. The van der Waals surface area contributed by atoms with Crippen LogP contribution >= 0.6 is 0 Å². The summed E-state index contributed by atoms with van der Waals surface area (Å²) in [6.07, 6.45) is 6.39. The number of aromatic nitrogens is 4. The Hall–Kier alpha value is -1.95. The Morgan fingerprint density at radius 2 is 2.21 bits per heavy atom. The van der Waals surface area contributed by atoms with Crippen molar-refractivity contribution in [2.75, 3.05) is 24.6 Å². The molecule has 0 N–H and O–H groups in total. The van der Waals surface area contributed by atoms with Gasteiger partial charge in [-0.05, 0) is 6.07 Å². The lowest BCUT2D eigenvalue weighted by molar-refractivity contribution is 0.109. The lowest BCUT2D eigenvalue weighted by atomic mass is 10.1. The summed E-state index contributed by atoms with van der Waals surface area (Å²) in [5.41, 5.74) is 2.30. The molecule has 98 valence electrons. The molecule has 4 heterocycles. The first kappa shape index (κ1) is 10.9. The van der Waals surface area contributed by atoms with Crippen LogP contribution in [-0.4, -0.2) is 39.4 Å². The van der Waals surface area contributed by atoms with Gasteiger partial charge in [-0.2, -0.15) is 5.10 Å². The SMILES string of the molecule is c1cnn(C2CN(c3ncnc4c3COCC4)C2)c1. The maximum absolute atomic E-state index is 5.53. The lowest BCUT2D eigenvalue weighted by Crippen LogP contribution is -2.49. The quantitative estimate of drug-likeness (QED) is 0.796. The van der Waals surface area contributed by atoms with Gasteiger partial charge in [0.15, 0.2) is 0 Å². The van der Waals surface area contributed by atoms with E-state index in [9.17, 15) is 0 Å². The van der Waals surface area contributed by atoms with Crippen molar-refractivity contribution in [3.05, 3.63) is 36.0 Å². The second-order valence-electron chi connectivity index (χ2n) is 4.97. The van der Waals surface area contributed by atoms with E-state index in [1.165, 1.54) is 0 Å². The fraction of sp³-hybridized carbons (Fsp3) is 0.462. The van der Waals surface area contributed by atoms with Gasteiger partial charge in [-0.15, -0.1) is 0 Å². The van der Waals surface area contributed by atoms with Gasteiger partial charge < -0.3 is 9.64 Å². The fourth-order valence-electron chi connectivity index (χ4n) is 2.71. The van der Waals surface area contributed by atoms with Crippen molar-refractivity contribution in [1.82, 2.24) is 19.7 Å². The molecular formula is C13H15N5O. The smallest absolute Gasteiger partial charge is 0.137 e. The van der Waals surface area contributed by atoms with Crippen molar-refractivity contribution < 1.29 is 4.74 Å². The van der Waals surface area contributed by atoms with Crippen LogP contribution in [0.2, 0.25) is 0 Å². The molecule has 2 aliphatic heterocycles. The van der Waals surface area contributed by atoms with Gasteiger partial charge in [0.05, 0.1) is 24.9 Å². The summed E-state index contributed by atoms with van der Waals surface area (Å²) < 4.78 is 7.54. The number of anilines is 1. The third-order valence-electron chi connectivity index (χ3n) is 3.80. The average Bonchev–Trinajstić information content (AvgIpc) is 2.91. The highest BCUT2D eigenvalue weighted by atomic mass is 16.5. The molecule has 6 nitrogen and oxygen atoms in total. The fourth-order valence-corrected chi connectivity index (χ4v) is 2.71. The molecule has 1 saturated heterocycles. The minimum atomic E-state index is 0.449. The highest BCUT2D eigenvalue weighted by Crippen LogP contribution is 2.31. The molecule has 0 amide bonds. The van der Waals surface area contributed by atoms with E-state index in [4.69, 9.17) is 4.74 Å². The maximum Gasteiger partial charge on any atom is 0.137 e. The normalized spacial score (nSPS) is 19.1. The first-order valence-corrected chi connectivity index (χ1v) is 6.56. The summed E-state index contributed by atoms with van der Waals surface area (Å²) in [5, 5.41) is 4.29. The molecule has 0 spiro atoms. The van der Waals surface area contributed by atoms with Gasteiger partial charge >= 0.3 is 0 Å². The standard InChI is InChI=1S/C13H15N5O/c1-3-16-18(4-1)10-6-17(7-10)13-11-8-19-5-2-12(11)14-9-15-13/h1,3-4,9-10H,2,5-8H2. The van der Waals surface area contributed by atoms with Crippen molar-refractivity contribution in [3.8, 4) is 0 Å². The van der Waals surface area contributed by atoms with Crippen LogP contribution in [0.25, 0.3) is 0 Å². The number of hydrogen-bond donors (Lipinski definition) is 0. The van der Waals surface area contributed by atoms with E-state index in [2.05, 4.69) is 20.0 Å². The van der Waals surface area contributed by atoms with E-state index >= 15 is 0 Å². The van der Waals surface area contributed by atoms with Crippen molar-refractivity contribution in [3.63, 3.8) is 0 Å². The highest BCUT2D eigenvalue weighted by molar-refractivity contribution is 5.51. The second kappa shape index (κ2) is 4.31. The molecule has 2 aromatic rings. The summed E-state index contributed by atoms with van der Waals surface area (Å²) in [7, 11) is 0. The second-order valence-corrected chi connectivity index (χ2v) is 4.97. The highest BCUT2D eigenvalue weighted by Gasteiger charge is 2.32. The predicted octanol–water partition coefficient (Wildman–Crippen LogP) is 0.807. The van der Waals surface area contributed by atoms with Crippen LogP contribution in [0.5, 0.6) is 0 Å². The number of nitrogens with zero attached hydrogens (tertiary/aromatic N) is 5. The third kappa shape index (κ3) is 1.79. The minimum absolute atomic E-state index is 0.449. The van der Waals surface area contributed by atoms with Gasteiger partial charge in [-0.25, -0.2) is 9.97 Å². The van der Waals surface area contributed by atoms with E-state index < -0.39 is 0 Å². The predicted molar refractivity (Wildman–Crippen MR) is 68.9 cm³/mol.